The minimum atomic E-state index is -0.0388. The maximum absolute atomic E-state index is 12.3. The molecule has 0 spiro atoms. The maximum Gasteiger partial charge on any atom is 0.315 e. The van der Waals surface area contributed by atoms with Crippen molar-refractivity contribution in [2.24, 2.45) is 17.8 Å². The number of carbonyl (C=O) groups excluding carboxylic acids is 2. The Balaban J connectivity index is 1.49. The fraction of sp³-hybridized carbons (Fsp3) is 0.895. The summed E-state index contributed by atoms with van der Waals surface area (Å²) in [4.78, 5) is 26.5. The van der Waals surface area contributed by atoms with Crippen molar-refractivity contribution >= 4 is 11.9 Å². The topological polar surface area (TPSA) is 70.7 Å². The molecule has 142 valence electrons. The van der Waals surface area contributed by atoms with Crippen LogP contribution >= 0.6 is 0 Å². The van der Waals surface area contributed by atoms with Crippen LogP contribution in [-0.4, -0.2) is 55.7 Å². The first-order chi connectivity index (χ1) is 12.1. The molecular weight excluding hydrogens is 318 g/mol. The van der Waals surface area contributed by atoms with Crippen LogP contribution in [0.1, 0.15) is 51.9 Å². The average Bonchev–Trinajstić information content (AvgIpc) is 3.05. The fourth-order valence-electron chi connectivity index (χ4n) is 5.11. The molecule has 0 aromatic heterocycles. The lowest BCUT2D eigenvalue weighted by molar-refractivity contribution is -0.129. The highest BCUT2D eigenvalue weighted by Gasteiger charge is 2.50. The van der Waals surface area contributed by atoms with Crippen molar-refractivity contribution in [2.45, 2.75) is 64.0 Å². The number of methoxy groups -OCH3 is 1. The molecule has 0 aromatic carbocycles. The van der Waals surface area contributed by atoms with E-state index in [1.54, 1.807) is 7.11 Å². The van der Waals surface area contributed by atoms with Gasteiger partial charge in [0.2, 0.25) is 5.91 Å². The standard InChI is InChI=1S/C19H33N3O3/c1-13-10-17-15(11-18(23)22(17)8-9-25-2)16(13)12-20-19(24)21-14-6-4-3-5-7-14/h13-17H,3-12H2,1-2H3,(H2,20,21,24)/t13-,15-,16+,17+/m0/s1. The number of amides is 3. The molecular formula is C19H33N3O3. The second-order valence-electron chi connectivity index (χ2n) is 8.08. The number of urea groups is 1. The Labute approximate surface area is 151 Å². The van der Waals surface area contributed by atoms with Gasteiger partial charge in [-0.05, 0) is 37.0 Å². The zero-order chi connectivity index (χ0) is 17.8. The zero-order valence-corrected chi connectivity index (χ0v) is 15.6. The van der Waals surface area contributed by atoms with Gasteiger partial charge >= 0.3 is 6.03 Å². The fourth-order valence-corrected chi connectivity index (χ4v) is 5.11. The van der Waals surface area contributed by atoms with Gasteiger partial charge < -0.3 is 20.3 Å². The summed E-state index contributed by atoms with van der Waals surface area (Å²) in [5.41, 5.74) is 0. The Morgan fingerprint density at radius 2 is 2.04 bits per heavy atom. The molecule has 4 atom stereocenters. The Hall–Kier alpha value is -1.30. The molecule has 2 N–H and O–H groups in total. The summed E-state index contributed by atoms with van der Waals surface area (Å²) < 4.78 is 5.15. The van der Waals surface area contributed by atoms with Gasteiger partial charge in [0.15, 0.2) is 0 Å². The predicted octanol–water partition coefficient (Wildman–Crippen LogP) is 2.14. The first-order valence-corrected chi connectivity index (χ1v) is 9.93. The number of hydrogen-bond donors (Lipinski definition) is 2. The van der Waals surface area contributed by atoms with Gasteiger partial charge in [0.05, 0.1) is 6.61 Å². The molecule has 6 heteroatoms. The monoisotopic (exact) mass is 351 g/mol. The highest BCUT2D eigenvalue weighted by molar-refractivity contribution is 5.79. The highest BCUT2D eigenvalue weighted by Crippen LogP contribution is 2.45. The van der Waals surface area contributed by atoms with E-state index in [4.69, 9.17) is 4.74 Å². The van der Waals surface area contributed by atoms with Gasteiger partial charge in [-0.15, -0.1) is 0 Å². The third-order valence-electron chi connectivity index (χ3n) is 6.49. The second kappa shape index (κ2) is 8.39. The lowest BCUT2D eigenvalue weighted by Gasteiger charge is -2.25. The van der Waals surface area contributed by atoms with Gasteiger partial charge in [-0.1, -0.05) is 26.2 Å². The number of fused-ring (bicyclic) bond motifs is 1. The van der Waals surface area contributed by atoms with E-state index in [2.05, 4.69) is 17.6 Å². The van der Waals surface area contributed by atoms with E-state index in [-0.39, 0.29) is 11.9 Å². The molecule has 0 aromatic rings. The van der Waals surface area contributed by atoms with Crippen LogP contribution in [0.15, 0.2) is 0 Å². The smallest absolute Gasteiger partial charge is 0.315 e. The number of ether oxygens (including phenoxy) is 1. The van der Waals surface area contributed by atoms with Crippen LogP contribution < -0.4 is 10.6 Å². The van der Waals surface area contributed by atoms with Crippen molar-refractivity contribution in [3.63, 3.8) is 0 Å². The Bertz CT molecular complexity index is 479. The number of nitrogens with zero attached hydrogens (tertiary/aromatic N) is 1. The Kier molecular flexibility index (Phi) is 6.20. The van der Waals surface area contributed by atoms with Crippen molar-refractivity contribution in [1.29, 1.82) is 0 Å². The number of nitrogens with one attached hydrogen (secondary N) is 2. The molecule has 25 heavy (non-hydrogen) atoms. The van der Waals surface area contributed by atoms with Gasteiger partial charge in [-0.25, -0.2) is 4.79 Å². The number of hydrogen-bond acceptors (Lipinski definition) is 3. The summed E-state index contributed by atoms with van der Waals surface area (Å²) in [7, 11) is 1.67. The van der Waals surface area contributed by atoms with Crippen molar-refractivity contribution in [3.8, 4) is 0 Å². The van der Waals surface area contributed by atoms with Crippen LogP contribution in [0.4, 0.5) is 4.79 Å². The van der Waals surface area contributed by atoms with Gasteiger partial charge in [0.25, 0.3) is 0 Å². The van der Waals surface area contributed by atoms with E-state index in [1.165, 1.54) is 19.3 Å². The lowest BCUT2D eigenvalue weighted by atomic mass is 9.88. The number of carbonyl (C=O) groups is 2. The summed E-state index contributed by atoms with van der Waals surface area (Å²) in [6, 6.07) is 0.620. The van der Waals surface area contributed by atoms with Gasteiger partial charge in [-0.2, -0.15) is 0 Å². The third-order valence-corrected chi connectivity index (χ3v) is 6.49. The van der Waals surface area contributed by atoms with E-state index in [0.29, 0.717) is 56.0 Å². The van der Waals surface area contributed by atoms with Crippen molar-refractivity contribution in [2.75, 3.05) is 26.8 Å². The molecule has 3 amide bonds. The van der Waals surface area contributed by atoms with E-state index in [1.807, 2.05) is 4.90 Å². The normalized spacial score (nSPS) is 32.7. The minimum absolute atomic E-state index is 0.0388. The SMILES string of the molecule is COCCN1C(=O)C[C@H]2[C@H](CNC(=O)NC3CCCCC3)[C@@H](C)C[C@H]21. The molecule has 1 aliphatic heterocycles. The molecule has 0 bridgehead atoms. The van der Waals surface area contributed by atoms with Crippen molar-refractivity contribution in [1.82, 2.24) is 15.5 Å². The van der Waals surface area contributed by atoms with Crippen LogP contribution in [-0.2, 0) is 9.53 Å². The van der Waals surface area contributed by atoms with E-state index in [9.17, 15) is 9.59 Å². The van der Waals surface area contributed by atoms with Crippen LogP contribution in [0.5, 0.6) is 0 Å². The van der Waals surface area contributed by atoms with E-state index < -0.39 is 0 Å². The molecule has 0 unspecified atom stereocenters. The van der Waals surface area contributed by atoms with Crippen molar-refractivity contribution in [3.05, 3.63) is 0 Å². The molecule has 6 nitrogen and oxygen atoms in total. The van der Waals surface area contributed by atoms with Crippen LogP contribution in [0.3, 0.4) is 0 Å². The highest BCUT2D eigenvalue weighted by atomic mass is 16.5. The summed E-state index contributed by atoms with van der Waals surface area (Å²) in [6.07, 6.45) is 7.57. The average molecular weight is 351 g/mol. The maximum atomic E-state index is 12.3. The molecule has 1 heterocycles. The van der Waals surface area contributed by atoms with Gasteiger partial charge in [0, 0.05) is 38.7 Å². The Morgan fingerprint density at radius 1 is 1.28 bits per heavy atom. The largest absolute Gasteiger partial charge is 0.383 e. The van der Waals surface area contributed by atoms with Crippen LogP contribution in [0.25, 0.3) is 0 Å². The van der Waals surface area contributed by atoms with Gasteiger partial charge in [0.1, 0.15) is 0 Å². The van der Waals surface area contributed by atoms with E-state index in [0.717, 1.165) is 19.3 Å². The summed E-state index contributed by atoms with van der Waals surface area (Å²) >= 11 is 0. The lowest BCUT2D eigenvalue weighted by Crippen LogP contribution is -2.45. The summed E-state index contributed by atoms with van der Waals surface area (Å²) in [6.45, 7) is 4.20. The molecule has 3 fully saturated rings. The summed E-state index contributed by atoms with van der Waals surface area (Å²) in [5.74, 6) is 1.53. The number of likely N-dealkylation sites (tertiary alicyclic amines) is 1. The molecule has 2 aliphatic carbocycles. The number of rotatable bonds is 6. The minimum Gasteiger partial charge on any atom is -0.383 e. The summed E-state index contributed by atoms with van der Waals surface area (Å²) in [5, 5.41) is 6.20. The van der Waals surface area contributed by atoms with Gasteiger partial charge in [-0.3, -0.25) is 4.79 Å². The Morgan fingerprint density at radius 3 is 2.76 bits per heavy atom. The van der Waals surface area contributed by atoms with Crippen LogP contribution in [0.2, 0.25) is 0 Å². The van der Waals surface area contributed by atoms with Crippen LogP contribution in [0, 0.1) is 17.8 Å². The molecule has 1 saturated heterocycles. The first kappa shape index (κ1) is 18.5. The second-order valence-corrected chi connectivity index (χ2v) is 8.08. The quantitative estimate of drug-likeness (QED) is 0.770. The third kappa shape index (κ3) is 4.27. The van der Waals surface area contributed by atoms with Crippen molar-refractivity contribution < 1.29 is 14.3 Å². The predicted molar refractivity (Wildman–Crippen MR) is 96.2 cm³/mol. The zero-order valence-electron chi connectivity index (χ0n) is 15.6. The molecule has 0 radical (unpaired) electrons. The molecule has 3 aliphatic rings. The first-order valence-electron chi connectivity index (χ1n) is 9.93. The van der Waals surface area contributed by atoms with E-state index >= 15 is 0 Å². The molecule has 3 rings (SSSR count). The molecule has 2 saturated carbocycles.